The molecule has 48 heavy (non-hydrogen) atoms. The van der Waals surface area contributed by atoms with Gasteiger partial charge in [-0.05, 0) is 62.2 Å². The molecule has 0 saturated carbocycles. The summed E-state index contributed by atoms with van der Waals surface area (Å²) in [5, 5.41) is 1.24. The Morgan fingerprint density at radius 1 is 1.10 bits per heavy atom. The molecule has 0 aliphatic carbocycles. The van der Waals surface area contributed by atoms with Crippen LogP contribution in [0, 0.1) is 29.9 Å². The van der Waals surface area contributed by atoms with Crippen LogP contribution in [-0.4, -0.2) is 70.5 Å². The van der Waals surface area contributed by atoms with E-state index in [0.717, 1.165) is 58.0 Å². The van der Waals surface area contributed by atoms with Crippen molar-refractivity contribution in [3.8, 4) is 35.5 Å². The van der Waals surface area contributed by atoms with Gasteiger partial charge in [0.15, 0.2) is 5.82 Å². The molecule has 4 aliphatic heterocycles. The number of anilines is 2. The number of nitrogen functional groups attached to an aromatic ring is 1. The lowest BCUT2D eigenvalue weighted by Gasteiger charge is -2.38. The quantitative estimate of drug-likeness (QED) is 0.185. The highest BCUT2D eigenvalue weighted by Crippen LogP contribution is 2.45. The average molecular weight is 657 g/mol. The summed E-state index contributed by atoms with van der Waals surface area (Å²) < 4.78 is 59.7. The molecule has 3 saturated heterocycles. The summed E-state index contributed by atoms with van der Waals surface area (Å²) in [6.45, 7) is 4.68. The molecular formula is C37H39F3N6O2. The molecule has 2 unspecified atom stereocenters. The maximum Gasteiger partial charge on any atom is 0.319 e. The number of alkyl halides is 1. The van der Waals surface area contributed by atoms with Gasteiger partial charge in [-0.2, -0.15) is 9.97 Å². The molecule has 0 bridgehead atoms. The van der Waals surface area contributed by atoms with Gasteiger partial charge in [0.2, 0.25) is 5.88 Å². The van der Waals surface area contributed by atoms with Gasteiger partial charge >= 0.3 is 6.01 Å². The highest BCUT2D eigenvalue weighted by molar-refractivity contribution is 6.04. The highest BCUT2D eigenvalue weighted by atomic mass is 19.1. The molecule has 0 spiro atoms. The molecule has 2 aromatic heterocycles. The Bertz CT molecular complexity index is 1970. The lowest BCUT2D eigenvalue weighted by Crippen LogP contribution is -2.44. The van der Waals surface area contributed by atoms with Gasteiger partial charge in [0.1, 0.15) is 41.0 Å². The van der Waals surface area contributed by atoms with Crippen molar-refractivity contribution in [2.75, 3.05) is 43.5 Å². The minimum Gasteiger partial charge on any atom is -0.477 e. The Kier molecular flexibility index (Phi) is 7.74. The van der Waals surface area contributed by atoms with Crippen LogP contribution in [0.5, 0.6) is 11.9 Å². The van der Waals surface area contributed by atoms with Gasteiger partial charge in [-0.3, -0.25) is 4.90 Å². The number of hydrogen-bond acceptors (Lipinski definition) is 8. The number of halogens is 3. The second kappa shape index (κ2) is 12.0. The molecule has 4 aromatic rings. The fourth-order valence-corrected chi connectivity index (χ4v) is 8.67. The molecule has 4 aliphatic rings. The van der Waals surface area contributed by atoms with E-state index in [4.69, 9.17) is 31.6 Å². The van der Waals surface area contributed by atoms with Gasteiger partial charge in [-0.1, -0.05) is 31.8 Å². The minimum absolute atomic E-state index is 0.0126. The zero-order chi connectivity index (χ0) is 33.2. The van der Waals surface area contributed by atoms with Crippen molar-refractivity contribution in [2.24, 2.45) is 5.92 Å². The summed E-state index contributed by atoms with van der Waals surface area (Å²) in [6.07, 6.45) is 12.0. The number of benzene rings is 2. The van der Waals surface area contributed by atoms with E-state index in [-0.39, 0.29) is 52.8 Å². The number of ether oxygens (including phenoxy) is 2. The summed E-state index contributed by atoms with van der Waals surface area (Å²) in [5.41, 5.74) is 6.30. The van der Waals surface area contributed by atoms with E-state index in [0.29, 0.717) is 47.2 Å². The predicted octanol–water partition coefficient (Wildman–Crippen LogP) is 6.81. The van der Waals surface area contributed by atoms with Crippen molar-refractivity contribution in [1.29, 1.82) is 0 Å². The predicted molar refractivity (Wildman–Crippen MR) is 180 cm³/mol. The van der Waals surface area contributed by atoms with E-state index in [1.165, 1.54) is 6.07 Å². The summed E-state index contributed by atoms with van der Waals surface area (Å²) in [4.78, 5) is 18.9. The Hall–Kier alpha value is -4.30. The fourth-order valence-electron chi connectivity index (χ4n) is 8.67. The van der Waals surface area contributed by atoms with Crippen LogP contribution in [0.25, 0.3) is 32.9 Å². The van der Waals surface area contributed by atoms with Crippen LogP contribution in [0.15, 0.2) is 24.3 Å². The van der Waals surface area contributed by atoms with Crippen molar-refractivity contribution in [3.05, 3.63) is 41.5 Å². The molecule has 8 nitrogen and oxygen atoms in total. The van der Waals surface area contributed by atoms with Crippen molar-refractivity contribution < 1.29 is 22.6 Å². The van der Waals surface area contributed by atoms with Gasteiger partial charge < -0.3 is 20.1 Å². The topological polar surface area (TPSA) is 89.6 Å². The third-order valence-electron chi connectivity index (χ3n) is 11.0. The van der Waals surface area contributed by atoms with E-state index < -0.39 is 23.3 Å². The van der Waals surface area contributed by atoms with Gasteiger partial charge in [0.05, 0.1) is 17.7 Å². The molecular weight excluding hydrogens is 617 g/mol. The van der Waals surface area contributed by atoms with E-state index in [2.05, 4.69) is 27.6 Å². The van der Waals surface area contributed by atoms with Crippen molar-refractivity contribution in [1.82, 2.24) is 19.9 Å². The minimum atomic E-state index is -0.916. The fraction of sp³-hybridized carbons (Fsp3) is 0.486. The van der Waals surface area contributed by atoms with Gasteiger partial charge in [-0.25, -0.2) is 18.2 Å². The number of nitrogens with zero attached hydrogens (tertiary/aromatic N) is 5. The smallest absolute Gasteiger partial charge is 0.319 e. The summed E-state index contributed by atoms with van der Waals surface area (Å²) in [7, 11) is 0. The van der Waals surface area contributed by atoms with Crippen LogP contribution in [0.4, 0.5) is 24.7 Å². The first-order valence-corrected chi connectivity index (χ1v) is 17.1. The molecule has 4 atom stereocenters. The molecule has 11 heteroatoms. The normalized spacial score (nSPS) is 25.6. The second-order valence-corrected chi connectivity index (χ2v) is 13.8. The number of pyridine rings is 1. The van der Waals surface area contributed by atoms with E-state index in [9.17, 15) is 4.39 Å². The average Bonchev–Trinajstić information content (AvgIpc) is 3.49. The molecule has 8 rings (SSSR count). The standard InChI is InChI=1S/C37H39F3N6O2/c1-3-21-19-47-35-30-33(31(40)32(42-35)26-16-24(41)15-22-10-11-27(39)25(4-2)29(22)26)43-36(44-34(30)46-14-7-5-6-9-28(21)46)48-20-37-12-8-13-45(37)18-23(38)17-37/h2,10-11,15-16,21,23,28H,3,5-9,12-14,17-20,41H2,1H3/t21?,23-,28+,37?/m1/s1. The first kappa shape index (κ1) is 31.0. The first-order valence-electron chi connectivity index (χ1n) is 17.1. The van der Waals surface area contributed by atoms with Crippen molar-refractivity contribution >= 4 is 33.2 Å². The first-order chi connectivity index (χ1) is 23.3. The lowest BCUT2D eigenvalue weighted by molar-refractivity contribution is 0.107. The molecule has 2 N–H and O–H groups in total. The zero-order valence-corrected chi connectivity index (χ0v) is 27.1. The second-order valence-electron chi connectivity index (χ2n) is 13.8. The third-order valence-corrected chi connectivity index (χ3v) is 11.0. The number of fused-ring (bicyclic) bond motifs is 4. The maximum absolute atomic E-state index is 17.2. The van der Waals surface area contributed by atoms with Crippen LogP contribution in [0.3, 0.4) is 0 Å². The molecule has 2 aromatic carbocycles. The highest BCUT2D eigenvalue weighted by Gasteiger charge is 2.49. The molecule has 3 fully saturated rings. The van der Waals surface area contributed by atoms with Gasteiger partial charge in [0, 0.05) is 48.1 Å². The SMILES string of the molecule is C#Cc1c(F)ccc2cc(N)cc(-c3nc4c5c(nc(OCC67CCCN6C[C@H](F)C7)nc5c3F)N3CCCCC[C@H]3C(CC)CO4)c12. The van der Waals surface area contributed by atoms with Crippen LogP contribution in [-0.2, 0) is 0 Å². The molecule has 6 heterocycles. The number of terminal acetylenes is 1. The Morgan fingerprint density at radius 3 is 2.81 bits per heavy atom. The monoisotopic (exact) mass is 656 g/mol. The number of rotatable bonds is 5. The summed E-state index contributed by atoms with van der Waals surface area (Å²) in [5.74, 6) is 1.97. The molecule has 0 radical (unpaired) electrons. The van der Waals surface area contributed by atoms with E-state index in [1.54, 1.807) is 18.2 Å². The Morgan fingerprint density at radius 2 is 1.98 bits per heavy atom. The molecule has 0 amide bonds. The van der Waals surface area contributed by atoms with Crippen LogP contribution >= 0.6 is 0 Å². The van der Waals surface area contributed by atoms with Crippen LogP contribution in [0.1, 0.15) is 63.9 Å². The van der Waals surface area contributed by atoms with Crippen LogP contribution < -0.4 is 20.1 Å². The van der Waals surface area contributed by atoms with Crippen molar-refractivity contribution in [3.63, 3.8) is 0 Å². The van der Waals surface area contributed by atoms with Gasteiger partial charge in [-0.15, -0.1) is 6.42 Å². The Balaban J connectivity index is 1.36. The Labute approximate surface area is 277 Å². The van der Waals surface area contributed by atoms with E-state index in [1.807, 2.05) is 0 Å². The van der Waals surface area contributed by atoms with Crippen molar-refractivity contribution in [2.45, 2.75) is 76.0 Å². The maximum atomic E-state index is 17.2. The third kappa shape index (κ3) is 4.99. The largest absolute Gasteiger partial charge is 0.477 e. The molecule has 250 valence electrons. The summed E-state index contributed by atoms with van der Waals surface area (Å²) >= 11 is 0. The lowest BCUT2D eigenvalue weighted by atomic mass is 9.92. The van der Waals surface area contributed by atoms with Gasteiger partial charge in [0.25, 0.3) is 0 Å². The number of aromatic nitrogens is 3. The summed E-state index contributed by atoms with van der Waals surface area (Å²) in [6, 6.07) is 6.21. The number of hydrogen-bond donors (Lipinski definition) is 1. The zero-order valence-electron chi connectivity index (χ0n) is 27.1. The van der Waals surface area contributed by atoms with E-state index >= 15 is 8.78 Å². The number of nitrogens with two attached hydrogens (primary N) is 1. The van der Waals surface area contributed by atoms with Crippen LogP contribution in [0.2, 0.25) is 0 Å².